The number of nitrogens with one attached hydrogen (secondary N) is 2. The number of hydrogen-bond donors (Lipinski definition) is 2. The summed E-state index contributed by atoms with van der Waals surface area (Å²) in [5, 5.41) is 9.78. The fourth-order valence-electron chi connectivity index (χ4n) is 2.79. The molecule has 0 unspecified atom stereocenters. The minimum absolute atomic E-state index is 0.0180. The molecule has 144 valence electrons. The summed E-state index contributed by atoms with van der Waals surface area (Å²) >= 11 is 3.40. The van der Waals surface area contributed by atoms with E-state index in [4.69, 9.17) is 0 Å². The Morgan fingerprint density at radius 2 is 1.68 bits per heavy atom. The minimum Gasteiger partial charge on any atom is -0.339 e. The number of aromatic nitrogens is 2. The first-order chi connectivity index (χ1) is 13.5. The molecule has 3 aromatic rings. The van der Waals surface area contributed by atoms with E-state index in [-0.39, 0.29) is 11.8 Å². The predicted molar refractivity (Wildman–Crippen MR) is 113 cm³/mol. The zero-order valence-electron chi connectivity index (χ0n) is 15.7. The quantitative estimate of drug-likeness (QED) is 0.588. The maximum absolute atomic E-state index is 12.5. The highest BCUT2D eigenvalue weighted by atomic mass is 79.9. The molecule has 1 aromatic heterocycles. The zero-order chi connectivity index (χ0) is 20.1. The van der Waals surface area contributed by atoms with E-state index in [2.05, 4.69) is 31.4 Å². The molecule has 0 spiro atoms. The molecule has 0 bridgehead atoms. The summed E-state index contributed by atoms with van der Waals surface area (Å²) in [6.45, 7) is 5.22. The van der Waals surface area contributed by atoms with Crippen molar-refractivity contribution in [2.45, 2.75) is 13.8 Å². The normalized spacial score (nSPS) is 10.5. The van der Waals surface area contributed by atoms with Crippen LogP contribution < -0.4 is 5.32 Å². The predicted octanol–water partition coefficient (Wildman–Crippen LogP) is 4.57. The van der Waals surface area contributed by atoms with Gasteiger partial charge in [-0.1, -0.05) is 28.1 Å². The molecule has 0 aliphatic heterocycles. The zero-order valence-corrected chi connectivity index (χ0v) is 17.3. The van der Waals surface area contributed by atoms with Crippen LogP contribution in [0.4, 0.5) is 5.69 Å². The second kappa shape index (κ2) is 8.84. The topological polar surface area (TPSA) is 78.1 Å². The lowest BCUT2D eigenvalue weighted by molar-refractivity contribution is 0.0773. The van der Waals surface area contributed by atoms with Gasteiger partial charge in [0.15, 0.2) is 0 Å². The third-order valence-electron chi connectivity index (χ3n) is 4.40. The first-order valence-electron chi connectivity index (χ1n) is 9.03. The average Bonchev–Trinajstić information content (AvgIpc) is 3.20. The lowest BCUT2D eigenvalue weighted by Crippen LogP contribution is -2.30. The van der Waals surface area contributed by atoms with Gasteiger partial charge in [-0.25, -0.2) is 0 Å². The molecule has 0 aliphatic carbocycles. The number of carbonyl (C=O) groups is 2. The number of anilines is 1. The second-order valence-electron chi connectivity index (χ2n) is 6.18. The van der Waals surface area contributed by atoms with Crippen molar-refractivity contribution in [3.8, 4) is 11.3 Å². The van der Waals surface area contributed by atoms with Crippen molar-refractivity contribution in [3.05, 3.63) is 70.3 Å². The molecule has 2 aromatic carbocycles. The van der Waals surface area contributed by atoms with Crippen molar-refractivity contribution < 1.29 is 9.59 Å². The Kier molecular flexibility index (Phi) is 6.26. The molecule has 28 heavy (non-hydrogen) atoms. The molecule has 7 heteroatoms. The van der Waals surface area contributed by atoms with Crippen LogP contribution in [0.25, 0.3) is 11.3 Å². The lowest BCUT2D eigenvalue weighted by Gasteiger charge is -2.18. The van der Waals surface area contributed by atoms with E-state index in [9.17, 15) is 9.59 Å². The smallest absolute Gasteiger partial charge is 0.273 e. The fourth-order valence-corrected chi connectivity index (χ4v) is 3.06. The summed E-state index contributed by atoms with van der Waals surface area (Å²) in [5.41, 5.74) is 3.18. The number of halogens is 1. The summed E-state index contributed by atoms with van der Waals surface area (Å²) in [6, 6.07) is 16.3. The molecule has 1 heterocycles. The third-order valence-corrected chi connectivity index (χ3v) is 4.93. The van der Waals surface area contributed by atoms with E-state index >= 15 is 0 Å². The van der Waals surface area contributed by atoms with Gasteiger partial charge in [-0.05, 0) is 56.3 Å². The van der Waals surface area contributed by atoms with Crippen LogP contribution in [0.5, 0.6) is 0 Å². The van der Waals surface area contributed by atoms with Gasteiger partial charge in [0.1, 0.15) is 5.69 Å². The largest absolute Gasteiger partial charge is 0.339 e. The van der Waals surface area contributed by atoms with Crippen LogP contribution in [0.2, 0.25) is 0 Å². The van der Waals surface area contributed by atoms with E-state index in [1.807, 2.05) is 38.1 Å². The highest BCUT2D eigenvalue weighted by molar-refractivity contribution is 9.10. The van der Waals surface area contributed by atoms with Crippen LogP contribution in [-0.4, -0.2) is 40.0 Å². The van der Waals surface area contributed by atoms with E-state index in [1.165, 1.54) is 0 Å². The number of carbonyl (C=O) groups excluding carboxylic acids is 2. The van der Waals surface area contributed by atoms with E-state index in [0.29, 0.717) is 35.7 Å². The van der Waals surface area contributed by atoms with Crippen molar-refractivity contribution in [3.63, 3.8) is 0 Å². The summed E-state index contributed by atoms with van der Waals surface area (Å²) in [5.74, 6) is -0.311. The monoisotopic (exact) mass is 440 g/mol. The number of nitrogens with zero attached hydrogens (tertiary/aromatic N) is 2. The molecule has 2 amide bonds. The highest BCUT2D eigenvalue weighted by Gasteiger charge is 2.14. The van der Waals surface area contributed by atoms with Crippen molar-refractivity contribution in [2.24, 2.45) is 0 Å². The van der Waals surface area contributed by atoms with Gasteiger partial charge in [0.25, 0.3) is 11.8 Å². The third kappa shape index (κ3) is 4.48. The van der Waals surface area contributed by atoms with Gasteiger partial charge in [0.2, 0.25) is 0 Å². The Hall–Kier alpha value is -2.93. The molecule has 0 saturated heterocycles. The van der Waals surface area contributed by atoms with Crippen molar-refractivity contribution in [2.75, 3.05) is 18.4 Å². The Morgan fingerprint density at radius 1 is 1.04 bits per heavy atom. The summed E-state index contributed by atoms with van der Waals surface area (Å²) in [7, 11) is 0. The standard InChI is InChI=1S/C21H21BrN4O2/c1-3-26(4-2)21(28)15-7-11-17(12-8-15)23-20(27)19-13-18(24-25-19)14-5-9-16(22)10-6-14/h5-13H,3-4H2,1-2H3,(H,23,27)(H,24,25). The lowest BCUT2D eigenvalue weighted by atomic mass is 10.1. The van der Waals surface area contributed by atoms with Crippen LogP contribution >= 0.6 is 15.9 Å². The van der Waals surface area contributed by atoms with Crippen LogP contribution in [0.15, 0.2) is 59.1 Å². The summed E-state index contributed by atoms with van der Waals surface area (Å²) in [4.78, 5) is 26.6. The highest BCUT2D eigenvalue weighted by Crippen LogP contribution is 2.21. The molecular formula is C21H21BrN4O2. The Bertz CT molecular complexity index is 961. The number of rotatable bonds is 6. The molecule has 0 atom stereocenters. The molecule has 0 radical (unpaired) electrons. The number of hydrogen-bond acceptors (Lipinski definition) is 3. The molecular weight excluding hydrogens is 420 g/mol. The first kappa shape index (κ1) is 19.8. The SMILES string of the molecule is CCN(CC)C(=O)c1ccc(NC(=O)c2cc(-c3ccc(Br)cc3)n[nH]2)cc1. The minimum atomic E-state index is -0.293. The number of amides is 2. The Labute approximate surface area is 172 Å². The number of aromatic amines is 1. The summed E-state index contributed by atoms with van der Waals surface area (Å²) < 4.78 is 0.979. The first-order valence-corrected chi connectivity index (χ1v) is 9.83. The Balaban J connectivity index is 1.68. The van der Waals surface area contributed by atoms with Gasteiger partial charge in [0, 0.05) is 34.4 Å². The van der Waals surface area contributed by atoms with Crippen LogP contribution in [0.3, 0.4) is 0 Å². The van der Waals surface area contributed by atoms with Crippen molar-refractivity contribution in [1.82, 2.24) is 15.1 Å². The van der Waals surface area contributed by atoms with Crippen LogP contribution in [-0.2, 0) is 0 Å². The van der Waals surface area contributed by atoms with Gasteiger partial charge >= 0.3 is 0 Å². The van der Waals surface area contributed by atoms with Crippen LogP contribution in [0, 0.1) is 0 Å². The second-order valence-corrected chi connectivity index (χ2v) is 7.10. The summed E-state index contributed by atoms with van der Waals surface area (Å²) in [6.07, 6.45) is 0. The van der Waals surface area contributed by atoms with Gasteiger partial charge in [-0.2, -0.15) is 5.10 Å². The molecule has 0 aliphatic rings. The van der Waals surface area contributed by atoms with E-state index in [1.54, 1.807) is 35.2 Å². The molecule has 2 N–H and O–H groups in total. The molecule has 0 saturated carbocycles. The van der Waals surface area contributed by atoms with Crippen molar-refractivity contribution in [1.29, 1.82) is 0 Å². The number of H-pyrrole nitrogens is 1. The maximum Gasteiger partial charge on any atom is 0.273 e. The molecule has 3 rings (SSSR count). The van der Waals surface area contributed by atoms with Gasteiger partial charge in [0.05, 0.1) is 5.69 Å². The average molecular weight is 441 g/mol. The van der Waals surface area contributed by atoms with Gasteiger partial charge < -0.3 is 10.2 Å². The van der Waals surface area contributed by atoms with E-state index in [0.717, 1.165) is 10.0 Å². The Morgan fingerprint density at radius 3 is 2.29 bits per heavy atom. The van der Waals surface area contributed by atoms with Crippen LogP contribution in [0.1, 0.15) is 34.7 Å². The molecule has 0 fully saturated rings. The van der Waals surface area contributed by atoms with Gasteiger partial charge in [-0.3, -0.25) is 14.7 Å². The van der Waals surface area contributed by atoms with Gasteiger partial charge in [-0.15, -0.1) is 0 Å². The van der Waals surface area contributed by atoms with E-state index < -0.39 is 0 Å². The fraction of sp³-hybridized carbons (Fsp3) is 0.190. The van der Waals surface area contributed by atoms with Crippen molar-refractivity contribution >= 4 is 33.4 Å². The molecule has 6 nitrogen and oxygen atoms in total. The number of benzene rings is 2. The maximum atomic E-state index is 12.5.